The Labute approximate surface area is 114 Å². The summed E-state index contributed by atoms with van der Waals surface area (Å²) < 4.78 is 17.6. The van der Waals surface area contributed by atoms with E-state index in [1.807, 2.05) is 25.1 Å². The molecule has 0 aromatic heterocycles. The van der Waals surface area contributed by atoms with Gasteiger partial charge in [-0.3, -0.25) is 0 Å². The molecular formula is C16H20O3. The number of hydrogen-bond donors (Lipinski definition) is 0. The van der Waals surface area contributed by atoms with Crippen molar-refractivity contribution in [2.24, 2.45) is 0 Å². The lowest BCUT2D eigenvalue weighted by Gasteiger charge is -2.39. The van der Waals surface area contributed by atoms with Crippen LogP contribution in [0.2, 0.25) is 0 Å². The van der Waals surface area contributed by atoms with E-state index in [1.54, 1.807) is 0 Å². The molecule has 3 heteroatoms. The number of rotatable bonds is 4. The normalized spacial score (nSPS) is 33.6. The first kappa shape index (κ1) is 12.9. The number of hydrogen-bond acceptors (Lipinski definition) is 3. The minimum Gasteiger partial charge on any atom is -0.373 e. The molecule has 2 aliphatic heterocycles. The van der Waals surface area contributed by atoms with Crippen LogP contribution in [-0.4, -0.2) is 24.6 Å². The Hall–Kier alpha value is -1.16. The third-order valence-electron chi connectivity index (χ3n) is 4.04. The van der Waals surface area contributed by atoms with Gasteiger partial charge in [0.15, 0.2) is 5.79 Å². The van der Waals surface area contributed by atoms with Crippen LogP contribution in [0.3, 0.4) is 0 Å². The average Bonchev–Trinajstić information content (AvgIpc) is 2.71. The van der Waals surface area contributed by atoms with E-state index in [1.165, 1.54) is 5.56 Å². The standard InChI is InChI=1S/C16H20O3/c1-13-10-18-15(2)8-9-16(13,19-15)12-17-11-14-6-4-3-5-7-14/h3-7H,1,8-12H2,2H3/t15-,16-/m1/s1. The second kappa shape index (κ2) is 4.75. The van der Waals surface area contributed by atoms with E-state index in [0.717, 1.165) is 18.4 Å². The van der Waals surface area contributed by atoms with Crippen LogP contribution >= 0.6 is 0 Å². The van der Waals surface area contributed by atoms with Gasteiger partial charge in [-0.25, -0.2) is 0 Å². The van der Waals surface area contributed by atoms with Gasteiger partial charge in [-0.05, 0) is 24.5 Å². The molecule has 0 unspecified atom stereocenters. The van der Waals surface area contributed by atoms with Gasteiger partial charge in [0.25, 0.3) is 0 Å². The monoisotopic (exact) mass is 260 g/mol. The summed E-state index contributed by atoms with van der Waals surface area (Å²) in [5.74, 6) is -0.447. The lowest BCUT2D eigenvalue weighted by molar-refractivity contribution is -0.265. The van der Waals surface area contributed by atoms with Crippen molar-refractivity contribution in [2.75, 3.05) is 13.2 Å². The quantitative estimate of drug-likeness (QED) is 0.779. The molecule has 0 radical (unpaired) electrons. The van der Waals surface area contributed by atoms with E-state index in [2.05, 4.69) is 18.7 Å². The summed E-state index contributed by atoms with van der Waals surface area (Å²) >= 11 is 0. The summed E-state index contributed by atoms with van der Waals surface area (Å²) in [4.78, 5) is 0. The maximum absolute atomic E-state index is 6.08. The van der Waals surface area contributed by atoms with Crippen LogP contribution in [0.5, 0.6) is 0 Å². The average molecular weight is 260 g/mol. The van der Waals surface area contributed by atoms with Gasteiger partial charge in [-0.1, -0.05) is 36.9 Å². The molecule has 3 nitrogen and oxygen atoms in total. The van der Waals surface area contributed by atoms with Gasteiger partial charge in [0.2, 0.25) is 0 Å². The van der Waals surface area contributed by atoms with Crippen molar-refractivity contribution in [1.82, 2.24) is 0 Å². The number of ether oxygens (including phenoxy) is 3. The molecule has 0 aliphatic carbocycles. The second-order valence-corrected chi connectivity index (χ2v) is 5.60. The van der Waals surface area contributed by atoms with Crippen molar-refractivity contribution in [1.29, 1.82) is 0 Å². The number of fused-ring (bicyclic) bond motifs is 2. The van der Waals surface area contributed by atoms with Crippen LogP contribution in [-0.2, 0) is 20.8 Å². The molecule has 19 heavy (non-hydrogen) atoms. The van der Waals surface area contributed by atoms with Crippen molar-refractivity contribution in [3.05, 3.63) is 48.0 Å². The summed E-state index contributed by atoms with van der Waals surface area (Å²) in [6.45, 7) is 7.83. The highest BCUT2D eigenvalue weighted by Gasteiger charge is 2.53. The Morgan fingerprint density at radius 1 is 1.26 bits per heavy atom. The second-order valence-electron chi connectivity index (χ2n) is 5.60. The molecule has 1 aromatic rings. The number of benzene rings is 1. The molecule has 2 aliphatic rings. The molecule has 2 fully saturated rings. The predicted molar refractivity (Wildman–Crippen MR) is 72.6 cm³/mol. The molecule has 0 amide bonds. The van der Waals surface area contributed by atoms with Gasteiger partial charge in [-0.15, -0.1) is 0 Å². The zero-order chi connectivity index (χ0) is 13.3. The Balaban J connectivity index is 1.61. The van der Waals surface area contributed by atoms with Gasteiger partial charge in [0.1, 0.15) is 5.60 Å². The minimum atomic E-state index is -0.447. The fraction of sp³-hybridized carbons (Fsp3) is 0.500. The predicted octanol–water partition coefficient (Wildman–Crippen LogP) is 3.06. The molecule has 2 atom stereocenters. The molecular weight excluding hydrogens is 240 g/mol. The van der Waals surface area contributed by atoms with Crippen LogP contribution in [0, 0.1) is 0 Å². The summed E-state index contributed by atoms with van der Waals surface area (Å²) in [5, 5.41) is 0. The van der Waals surface area contributed by atoms with Crippen molar-refractivity contribution in [3.63, 3.8) is 0 Å². The summed E-state index contributed by atoms with van der Waals surface area (Å²) in [6.07, 6.45) is 1.83. The van der Waals surface area contributed by atoms with E-state index in [4.69, 9.17) is 14.2 Å². The van der Waals surface area contributed by atoms with Crippen molar-refractivity contribution < 1.29 is 14.2 Å². The molecule has 102 valence electrons. The van der Waals surface area contributed by atoms with Crippen molar-refractivity contribution in [3.8, 4) is 0 Å². The lowest BCUT2D eigenvalue weighted by Crippen LogP contribution is -2.46. The first-order valence-corrected chi connectivity index (χ1v) is 6.76. The Bertz CT molecular complexity index is 470. The molecule has 1 aromatic carbocycles. The maximum atomic E-state index is 6.08. The van der Waals surface area contributed by atoms with E-state index in [0.29, 0.717) is 19.8 Å². The fourth-order valence-electron chi connectivity index (χ4n) is 2.78. The fourth-order valence-corrected chi connectivity index (χ4v) is 2.78. The molecule has 3 rings (SSSR count). The minimum absolute atomic E-state index is 0.345. The van der Waals surface area contributed by atoms with Gasteiger partial charge in [0, 0.05) is 6.42 Å². The van der Waals surface area contributed by atoms with Gasteiger partial charge in [0.05, 0.1) is 19.8 Å². The Morgan fingerprint density at radius 2 is 2.05 bits per heavy atom. The Kier molecular flexibility index (Phi) is 3.21. The molecule has 0 spiro atoms. The van der Waals surface area contributed by atoms with Gasteiger partial charge in [-0.2, -0.15) is 0 Å². The van der Waals surface area contributed by atoms with Gasteiger partial charge < -0.3 is 14.2 Å². The van der Waals surface area contributed by atoms with Gasteiger partial charge >= 0.3 is 0 Å². The van der Waals surface area contributed by atoms with E-state index < -0.39 is 5.79 Å². The lowest BCUT2D eigenvalue weighted by atomic mass is 9.93. The topological polar surface area (TPSA) is 27.7 Å². The highest BCUT2D eigenvalue weighted by Crippen LogP contribution is 2.46. The highest BCUT2D eigenvalue weighted by atomic mass is 16.7. The molecule has 0 saturated carbocycles. The van der Waals surface area contributed by atoms with Crippen LogP contribution in [0.4, 0.5) is 0 Å². The van der Waals surface area contributed by atoms with Crippen LogP contribution in [0.25, 0.3) is 0 Å². The zero-order valence-electron chi connectivity index (χ0n) is 11.4. The molecule has 2 heterocycles. The summed E-state index contributed by atoms with van der Waals surface area (Å²) in [5.41, 5.74) is 1.83. The molecule has 0 N–H and O–H groups in total. The first-order chi connectivity index (χ1) is 9.12. The van der Waals surface area contributed by atoms with E-state index in [-0.39, 0.29) is 5.60 Å². The highest BCUT2D eigenvalue weighted by molar-refractivity contribution is 5.20. The smallest absolute Gasteiger partial charge is 0.167 e. The van der Waals surface area contributed by atoms with Crippen molar-refractivity contribution in [2.45, 2.75) is 37.8 Å². The third kappa shape index (κ3) is 2.46. The first-order valence-electron chi connectivity index (χ1n) is 6.76. The largest absolute Gasteiger partial charge is 0.373 e. The van der Waals surface area contributed by atoms with E-state index >= 15 is 0 Å². The third-order valence-corrected chi connectivity index (χ3v) is 4.04. The van der Waals surface area contributed by atoms with Crippen LogP contribution in [0.15, 0.2) is 42.5 Å². The Morgan fingerprint density at radius 3 is 2.84 bits per heavy atom. The molecule has 2 saturated heterocycles. The maximum Gasteiger partial charge on any atom is 0.167 e. The van der Waals surface area contributed by atoms with Crippen molar-refractivity contribution >= 4 is 0 Å². The van der Waals surface area contributed by atoms with Crippen LogP contribution in [0.1, 0.15) is 25.3 Å². The SMILES string of the molecule is C=C1CO[C@@]2(C)CC[C@]1(COCc1ccccc1)O2. The van der Waals surface area contributed by atoms with Crippen LogP contribution < -0.4 is 0 Å². The van der Waals surface area contributed by atoms with E-state index in [9.17, 15) is 0 Å². The molecule has 2 bridgehead atoms. The zero-order valence-corrected chi connectivity index (χ0v) is 11.4. The summed E-state index contributed by atoms with van der Waals surface area (Å²) in [7, 11) is 0. The summed E-state index contributed by atoms with van der Waals surface area (Å²) in [6, 6.07) is 10.2.